The Hall–Kier alpha value is -1.61. The van der Waals surface area contributed by atoms with Gasteiger partial charge < -0.3 is 9.47 Å². The molecule has 0 N–H and O–H groups in total. The summed E-state index contributed by atoms with van der Waals surface area (Å²) in [6.45, 7) is 10.6. The van der Waals surface area contributed by atoms with E-state index >= 15 is 0 Å². The van der Waals surface area contributed by atoms with Crippen LogP contribution in [-0.4, -0.2) is 25.1 Å². The van der Waals surface area contributed by atoms with Gasteiger partial charge >= 0.3 is 0 Å². The first kappa shape index (κ1) is 18.2. The Morgan fingerprint density at radius 3 is 2.32 bits per heavy atom. The lowest BCUT2D eigenvalue weighted by molar-refractivity contribution is -0.117. The monoisotopic (exact) mass is 342 g/mol. The summed E-state index contributed by atoms with van der Waals surface area (Å²) in [6, 6.07) is 4.29. The maximum Gasteiger partial charge on any atom is 0.170 e. The number of hydrogen-bond donors (Lipinski definition) is 0. The quantitative estimate of drug-likeness (QED) is 0.791. The molecule has 1 aliphatic carbocycles. The van der Waals surface area contributed by atoms with Crippen molar-refractivity contribution in [2.75, 3.05) is 7.11 Å². The molecule has 0 aromatic heterocycles. The molecule has 3 rings (SSSR count). The highest BCUT2D eigenvalue weighted by Gasteiger charge is 2.39. The molecule has 1 saturated heterocycles. The third-order valence-corrected chi connectivity index (χ3v) is 5.89. The molecule has 0 amide bonds. The van der Waals surface area contributed by atoms with Crippen LogP contribution in [0.2, 0.25) is 0 Å². The molecule has 4 unspecified atom stereocenters. The highest BCUT2D eigenvalue weighted by atomic mass is 16.5. The highest BCUT2D eigenvalue weighted by Crippen LogP contribution is 2.41. The average Bonchev–Trinajstić information content (AvgIpc) is 3.00. The Morgan fingerprint density at radius 1 is 1.16 bits per heavy atom. The van der Waals surface area contributed by atoms with E-state index in [0.29, 0.717) is 12.3 Å². The minimum Gasteiger partial charge on any atom is -0.500 e. The third-order valence-electron chi connectivity index (χ3n) is 5.89. The first-order chi connectivity index (χ1) is 11.8. The standard InChI is InChI=1S/C22H30O3/c1-12-7-14(3)20(15(4)8-12)21-19(24-6)11-17(22(21)23)10-18-9-13(2)16(5)25-18/h7-8,13,16-18H,9-11H2,1-6H3. The topological polar surface area (TPSA) is 35.5 Å². The molecule has 1 aromatic carbocycles. The molecule has 1 aromatic rings. The predicted molar refractivity (Wildman–Crippen MR) is 100 cm³/mol. The van der Waals surface area contributed by atoms with Gasteiger partial charge in [-0.25, -0.2) is 0 Å². The van der Waals surface area contributed by atoms with Crippen LogP contribution in [0.4, 0.5) is 0 Å². The van der Waals surface area contributed by atoms with Crippen LogP contribution in [0.5, 0.6) is 0 Å². The number of aryl methyl sites for hydroxylation is 3. The van der Waals surface area contributed by atoms with E-state index in [4.69, 9.17) is 9.47 Å². The Bertz CT molecular complexity index is 683. The minimum atomic E-state index is -0.0208. The largest absolute Gasteiger partial charge is 0.500 e. The molecule has 0 saturated carbocycles. The van der Waals surface area contributed by atoms with E-state index in [1.165, 1.54) is 5.56 Å². The molecule has 1 heterocycles. The van der Waals surface area contributed by atoms with E-state index in [-0.39, 0.29) is 23.9 Å². The number of Topliss-reactive ketones (excluding diaryl/α,β-unsaturated/α-hetero) is 1. The molecule has 1 fully saturated rings. The van der Waals surface area contributed by atoms with E-state index in [1.807, 2.05) is 0 Å². The minimum absolute atomic E-state index is 0.0208. The van der Waals surface area contributed by atoms with E-state index in [9.17, 15) is 4.79 Å². The van der Waals surface area contributed by atoms with Crippen LogP contribution in [0.25, 0.3) is 5.57 Å². The zero-order valence-electron chi connectivity index (χ0n) is 16.3. The number of carbonyl (C=O) groups is 1. The Labute approximate surface area is 151 Å². The molecule has 136 valence electrons. The van der Waals surface area contributed by atoms with E-state index in [2.05, 4.69) is 46.8 Å². The molecular weight excluding hydrogens is 312 g/mol. The van der Waals surface area contributed by atoms with E-state index < -0.39 is 0 Å². The third kappa shape index (κ3) is 3.39. The Kier molecular flexibility index (Phi) is 5.06. The number of ketones is 1. The average molecular weight is 342 g/mol. The van der Waals surface area contributed by atoms with Crippen LogP contribution in [0.1, 0.15) is 55.4 Å². The van der Waals surface area contributed by atoms with Crippen LogP contribution in [-0.2, 0) is 14.3 Å². The van der Waals surface area contributed by atoms with Gasteiger partial charge in [-0.05, 0) is 63.1 Å². The van der Waals surface area contributed by atoms with Crippen LogP contribution >= 0.6 is 0 Å². The van der Waals surface area contributed by atoms with E-state index in [0.717, 1.165) is 40.9 Å². The molecule has 3 heteroatoms. The number of hydrogen-bond acceptors (Lipinski definition) is 3. The predicted octanol–water partition coefficient (Wildman–Crippen LogP) is 4.76. The van der Waals surface area contributed by atoms with Gasteiger partial charge in [-0.3, -0.25) is 4.79 Å². The second-order valence-corrected chi connectivity index (χ2v) is 7.95. The lowest BCUT2D eigenvalue weighted by Gasteiger charge is -2.16. The molecular formula is C22H30O3. The number of allylic oxidation sites excluding steroid dienone is 2. The summed E-state index contributed by atoms with van der Waals surface area (Å²) >= 11 is 0. The summed E-state index contributed by atoms with van der Waals surface area (Å²) in [5.74, 6) is 1.61. The number of benzene rings is 1. The molecule has 3 nitrogen and oxygen atoms in total. The molecule has 2 aliphatic rings. The summed E-state index contributed by atoms with van der Waals surface area (Å²) in [5.41, 5.74) is 5.37. The van der Waals surface area contributed by atoms with Crippen molar-refractivity contribution >= 4 is 11.4 Å². The van der Waals surface area contributed by atoms with Crippen LogP contribution in [0, 0.1) is 32.6 Å². The van der Waals surface area contributed by atoms with Crippen LogP contribution in [0.3, 0.4) is 0 Å². The van der Waals surface area contributed by atoms with Crippen molar-refractivity contribution in [1.29, 1.82) is 0 Å². The van der Waals surface area contributed by atoms with Crippen molar-refractivity contribution in [3.8, 4) is 0 Å². The van der Waals surface area contributed by atoms with Gasteiger partial charge in [-0.1, -0.05) is 24.6 Å². The van der Waals surface area contributed by atoms with Gasteiger partial charge in [-0.15, -0.1) is 0 Å². The normalized spacial score (nSPS) is 29.6. The van der Waals surface area contributed by atoms with Gasteiger partial charge in [0, 0.05) is 12.3 Å². The zero-order chi connectivity index (χ0) is 18.3. The van der Waals surface area contributed by atoms with Gasteiger partial charge in [0.25, 0.3) is 0 Å². The maximum atomic E-state index is 13.2. The number of ether oxygens (including phenoxy) is 2. The fourth-order valence-corrected chi connectivity index (χ4v) is 4.54. The molecule has 25 heavy (non-hydrogen) atoms. The SMILES string of the molecule is COC1=C(c2c(C)cc(C)cc2C)C(=O)C(CC2CC(C)C(C)O2)C1. The zero-order valence-corrected chi connectivity index (χ0v) is 16.3. The summed E-state index contributed by atoms with van der Waals surface area (Å²) < 4.78 is 11.7. The summed E-state index contributed by atoms with van der Waals surface area (Å²) in [4.78, 5) is 13.2. The fraction of sp³-hybridized carbons (Fsp3) is 0.591. The van der Waals surface area contributed by atoms with Crippen molar-refractivity contribution in [2.45, 2.75) is 66.1 Å². The summed E-state index contributed by atoms with van der Waals surface area (Å²) in [5, 5.41) is 0. The van der Waals surface area contributed by atoms with Crippen molar-refractivity contribution in [3.63, 3.8) is 0 Å². The lowest BCUT2D eigenvalue weighted by atomic mass is 9.88. The van der Waals surface area contributed by atoms with Crippen molar-refractivity contribution in [1.82, 2.24) is 0 Å². The van der Waals surface area contributed by atoms with E-state index in [1.54, 1.807) is 7.11 Å². The Morgan fingerprint density at radius 2 is 1.80 bits per heavy atom. The van der Waals surface area contributed by atoms with Gasteiger partial charge in [0.15, 0.2) is 5.78 Å². The van der Waals surface area contributed by atoms with Crippen molar-refractivity contribution in [3.05, 3.63) is 40.1 Å². The van der Waals surface area contributed by atoms with Crippen LogP contribution in [0.15, 0.2) is 17.9 Å². The summed E-state index contributed by atoms with van der Waals surface area (Å²) in [6.07, 6.45) is 3.02. The van der Waals surface area contributed by atoms with Gasteiger partial charge in [0.05, 0.1) is 24.9 Å². The number of rotatable bonds is 4. The second-order valence-electron chi connectivity index (χ2n) is 7.95. The molecule has 1 aliphatic heterocycles. The highest BCUT2D eigenvalue weighted by molar-refractivity contribution is 6.25. The van der Waals surface area contributed by atoms with Gasteiger partial charge in [0.2, 0.25) is 0 Å². The molecule has 4 atom stereocenters. The van der Waals surface area contributed by atoms with Gasteiger partial charge in [0.1, 0.15) is 5.76 Å². The van der Waals surface area contributed by atoms with Gasteiger partial charge in [-0.2, -0.15) is 0 Å². The smallest absolute Gasteiger partial charge is 0.170 e. The molecule has 0 spiro atoms. The molecule has 0 bridgehead atoms. The van der Waals surface area contributed by atoms with Crippen molar-refractivity contribution < 1.29 is 14.3 Å². The first-order valence-electron chi connectivity index (χ1n) is 9.36. The second kappa shape index (κ2) is 6.95. The Balaban J connectivity index is 1.86. The first-order valence-corrected chi connectivity index (χ1v) is 9.36. The number of methoxy groups -OCH3 is 1. The summed E-state index contributed by atoms with van der Waals surface area (Å²) in [7, 11) is 1.68. The maximum absolute atomic E-state index is 13.2. The number of carbonyl (C=O) groups excluding carboxylic acids is 1. The lowest BCUT2D eigenvalue weighted by Crippen LogP contribution is -2.19. The molecule has 0 radical (unpaired) electrons. The fourth-order valence-electron chi connectivity index (χ4n) is 4.54. The van der Waals surface area contributed by atoms with Crippen LogP contribution < -0.4 is 0 Å². The van der Waals surface area contributed by atoms with Crippen molar-refractivity contribution in [2.24, 2.45) is 11.8 Å².